The molecule has 0 bridgehead atoms. The summed E-state index contributed by atoms with van der Waals surface area (Å²) in [5.41, 5.74) is 7.37. The Labute approximate surface area is 166 Å². The third kappa shape index (κ3) is 4.70. The number of amides is 2. The number of hydrogen-bond acceptors (Lipinski definition) is 4. The molecule has 2 amide bonds. The Balaban J connectivity index is 1.77. The maximum atomic E-state index is 13.0. The summed E-state index contributed by atoms with van der Waals surface area (Å²) in [7, 11) is 0. The van der Waals surface area contributed by atoms with Crippen LogP contribution < -0.4 is 16.4 Å². The highest BCUT2D eigenvalue weighted by Gasteiger charge is 2.23. The maximum Gasteiger partial charge on any atom is 0.257 e. The molecule has 0 saturated heterocycles. The van der Waals surface area contributed by atoms with E-state index in [1.807, 2.05) is 0 Å². The van der Waals surface area contributed by atoms with Gasteiger partial charge in [0.2, 0.25) is 0 Å². The molecule has 2 aromatic rings. The predicted molar refractivity (Wildman–Crippen MR) is 109 cm³/mol. The zero-order valence-electron chi connectivity index (χ0n) is 14.6. The molecule has 0 unspecified atom stereocenters. The van der Waals surface area contributed by atoms with E-state index in [0.717, 1.165) is 42.5 Å². The highest BCUT2D eigenvalue weighted by Crippen LogP contribution is 2.36. The molecule has 142 valence electrons. The van der Waals surface area contributed by atoms with Crippen LogP contribution in [0.5, 0.6) is 0 Å². The monoisotopic (exact) mass is 405 g/mol. The van der Waals surface area contributed by atoms with Crippen LogP contribution in [0.3, 0.4) is 0 Å². The van der Waals surface area contributed by atoms with Crippen LogP contribution in [0.25, 0.3) is 0 Å². The summed E-state index contributed by atoms with van der Waals surface area (Å²) in [5, 5.41) is 6.13. The van der Waals surface area contributed by atoms with E-state index in [1.54, 1.807) is 0 Å². The van der Waals surface area contributed by atoms with Crippen molar-refractivity contribution in [3.8, 4) is 0 Å². The highest BCUT2D eigenvalue weighted by atomic mass is 32.1. The van der Waals surface area contributed by atoms with Gasteiger partial charge in [0.05, 0.1) is 5.56 Å². The fourth-order valence-corrected chi connectivity index (χ4v) is 4.74. The Morgan fingerprint density at radius 1 is 1.07 bits per heavy atom. The molecule has 8 heteroatoms. The summed E-state index contributed by atoms with van der Waals surface area (Å²) in [5.74, 6) is -1.37. The van der Waals surface area contributed by atoms with Crippen LogP contribution in [-0.2, 0) is 12.8 Å². The summed E-state index contributed by atoms with van der Waals surface area (Å²) in [6.07, 6.45) is 6.16. The minimum atomic E-state index is -0.497. The smallest absolute Gasteiger partial charge is 0.257 e. The zero-order chi connectivity index (χ0) is 19.4. The predicted octanol–water partition coefficient (Wildman–Crippen LogP) is 3.77. The summed E-state index contributed by atoms with van der Waals surface area (Å²) in [4.78, 5) is 25.4. The number of aryl methyl sites for hydroxylation is 1. The number of anilines is 1. The third-order valence-electron chi connectivity index (χ3n) is 4.48. The number of nitrogens with two attached hydrogens (primary N) is 1. The van der Waals surface area contributed by atoms with Gasteiger partial charge in [0, 0.05) is 10.4 Å². The lowest BCUT2D eigenvalue weighted by molar-refractivity contribution is 0.0975. The number of primary amides is 1. The average molecular weight is 406 g/mol. The molecule has 1 heterocycles. The van der Waals surface area contributed by atoms with Gasteiger partial charge in [-0.3, -0.25) is 14.9 Å². The normalized spacial score (nSPS) is 13.8. The van der Waals surface area contributed by atoms with Gasteiger partial charge >= 0.3 is 0 Å². The zero-order valence-corrected chi connectivity index (χ0v) is 16.3. The lowest BCUT2D eigenvalue weighted by atomic mass is 9.96. The van der Waals surface area contributed by atoms with Crippen molar-refractivity contribution >= 4 is 45.5 Å². The molecule has 0 fully saturated rings. The molecule has 0 radical (unpaired) electrons. The van der Waals surface area contributed by atoms with E-state index < -0.39 is 17.6 Å². The van der Waals surface area contributed by atoms with E-state index in [9.17, 15) is 14.0 Å². The largest absolute Gasteiger partial charge is 0.365 e. The number of halogens is 1. The van der Waals surface area contributed by atoms with Crippen LogP contribution in [0.15, 0.2) is 24.3 Å². The van der Waals surface area contributed by atoms with Crippen LogP contribution in [-0.4, -0.2) is 16.9 Å². The van der Waals surface area contributed by atoms with E-state index in [4.69, 9.17) is 18.0 Å². The van der Waals surface area contributed by atoms with Gasteiger partial charge in [-0.15, -0.1) is 11.3 Å². The molecule has 4 N–H and O–H groups in total. The van der Waals surface area contributed by atoms with Gasteiger partial charge in [-0.05, 0) is 67.7 Å². The van der Waals surface area contributed by atoms with Crippen molar-refractivity contribution in [1.29, 1.82) is 0 Å². The average Bonchev–Trinajstić information content (AvgIpc) is 2.91. The minimum absolute atomic E-state index is 0.0704. The molecule has 1 aliphatic carbocycles. The first-order valence-electron chi connectivity index (χ1n) is 8.78. The number of carbonyl (C=O) groups is 2. The second-order valence-corrected chi connectivity index (χ2v) is 7.91. The van der Waals surface area contributed by atoms with Gasteiger partial charge in [0.25, 0.3) is 11.8 Å². The molecule has 3 rings (SSSR count). The van der Waals surface area contributed by atoms with Crippen molar-refractivity contribution in [3.05, 3.63) is 51.7 Å². The van der Waals surface area contributed by atoms with E-state index in [-0.39, 0.29) is 10.7 Å². The Kier molecular flexibility index (Phi) is 6.18. The molecule has 1 aliphatic rings. The highest BCUT2D eigenvalue weighted by molar-refractivity contribution is 7.80. The number of nitrogens with one attached hydrogen (secondary N) is 2. The van der Waals surface area contributed by atoms with Crippen LogP contribution in [0.2, 0.25) is 0 Å². The van der Waals surface area contributed by atoms with Crippen LogP contribution >= 0.6 is 23.6 Å². The molecular formula is C19H20FN3O2S2. The second-order valence-electron chi connectivity index (χ2n) is 6.40. The van der Waals surface area contributed by atoms with E-state index in [1.165, 1.54) is 42.0 Å². The van der Waals surface area contributed by atoms with Crippen molar-refractivity contribution < 1.29 is 14.0 Å². The first-order chi connectivity index (χ1) is 13.0. The molecule has 1 aromatic carbocycles. The molecule has 5 nitrogen and oxygen atoms in total. The lowest BCUT2D eigenvalue weighted by Gasteiger charge is -2.11. The Morgan fingerprint density at radius 3 is 2.41 bits per heavy atom. The van der Waals surface area contributed by atoms with Gasteiger partial charge in [-0.25, -0.2) is 4.39 Å². The SMILES string of the molecule is NC(=O)c1c(NC(=S)NC(=O)c2ccc(F)cc2)sc2c1CCCCCC2. The Bertz CT molecular complexity index is 878. The number of thiophene rings is 1. The first kappa shape index (κ1) is 19.4. The fraction of sp³-hybridized carbons (Fsp3) is 0.316. The lowest BCUT2D eigenvalue weighted by Crippen LogP contribution is -2.34. The number of benzene rings is 1. The van der Waals surface area contributed by atoms with Crippen molar-refractivity contribution in [1.82, 2.24) is 5.32 Å². The van der Waals surface area contributed by atoms with Crippen molar-refractivity contribution in [2.75, 3.05) is 5.32 Å². The third-order valence-corrected chi connectivity index (χ3v) is 5.89. The van der Waals surface area contributed by atoms with Crippen molar-refractivity contribution in [2.24, 2.45) is 5.73 Å². The summed E-state index contributed by atoms with van der Waals surface area (Å²) in [6, 6.07) is 5.16. The fourth-order valence-electron chi connectivity index (χ4n) is 3.18. The molecule has 0 aliphatic heterocycles. The van der Waals surface area contributed by atoms with E-state index >= 15 is 0 Å². The maximum absolute atomic E-state index is 13.0. The number of thiocarbonyl (C=S) groups is 1. The van der Waals surface area contributed by atoms with Gasteiger partial charge in [0.1, 0.15) is 10.8 Å². The standard InChI is InChI=1S/C19H20FN3O2S2/c20-12-9-7-11(8-10-12)17(25)22-19(26)23-18-15(16(21)24)13-5-3-1-2-4-6-14(13)27-18/h7-10H,1-6H2,(H2,21,24)(H2,22,23,25,26). The first-order valence-corrected chi connectivity index (χ1v) is 10.0. The van der Waals surface area contributed by atoms with Crippen LogP contribution in [0, 0.1) is 5.82 Å². The molecule has 0 atom stereocenters. The number of fused-ring (bicyclic) bond motifs is 1. The van der Waals surface area contributed by atoms with Gasteiger partial charge in [-0.1, -0.05) is 12.8 Å². The van der Waals surface area contributed by atoms with Gasteiger partial charge < -0.3 is 11.1 Å². The Morgan fingerprint density at radius 2 is 1.74 bits per heavy atom. The summed E-state index contributed by atoms with van der Waals surface area (Å²) >= 11 is 6.68. The number of hydrogen-bond donors (Lipinski definition) is 3. The van der Waals surface area contributed by atoms with Gasteiger partial charge in [-0.2, -0.15) is 0 Å². The topological polar surface area (TPSA) is 84.2 Å². The van der Waals surface area contributed by atoms with E-state index in [0.29, 0.717) is 10.6 Å². The molecule has 0 saturated carbocycles. The second kappa shape index (κ2) is 8.58. The van der Waals surface area contributed by atoms with Crippen LogP contribution in [0.4, 0.5) is 9.39 Å². The number of carbonyl (C=O) groups excluding carboxylic acids is 2. The van der Waals surface area contributed by atoms with E-state index in [2.05, 4.69) is 10.6 Å². The Hall–Kier alpha value is -2.32. The van der Waals surface area contributed by atoms with Crippen LogP contribution in [0.1, 0.15) is 56.8 Å². The van der Waals surface area contributed by atoms with Crippen molar-refractivity contribution in [3.63, 3.8) is 0 Å². The molecule has 0 spiro atoms. The molecule has 27 heavy (non-hydrogen) atoms. The number of rotatable bonds is 3. The quantitative estimate of drug-likeness (QED) is 0.679. The summed E-state index contributed by atoms with van der Waals surface area (Å²) in [6.45, 7) is 0. The molecule has 1 aromatic heterocycles. The summed E-state index contributed by atoms with van der Waals surface area (Å²) < 4.78 is 13.0. The molecular weight excluding hydrogens is 385 g/mol. The minimum Gasteiger partial charge on any atom is -0.365 e. The van der Waals surface area contributed by atoms with Crippen molar-refractivity contribution in [2.45, 2.75) is 38.5 Å². The van der Waals surface area contributed by atoms with Gasteiger partial charge in [0.15, 0.2) is 5.11 Å².